The molecule has 0 aliphatic heterocycles. The number of carbonyl (C=O) groups excluding carboxylic acids is 3. The van der Waals surface area contributed by atoms with Crippen LogP contribution < -0.4 is 27.4 Å². The summed E-state index contributed by atoms with van der Waals surface area (Å²) in [4.78, 5) is 35.7. The van der Waals surface area contributed by atoms with Crippen LogP contribution in [0.1, 0.15) is 32.3 Å². The summed E-state index contributed by atoms with van der Waals surface area (Å²) in [6.45, 7) is 4.44. The second-order valence-corrected chi connectivity index (χ2v) is 6.88. The van der Waals surface area contributed by atoms with E-state index in [-0.39, 0.29) is 11.8 Å². The van der Waals surface area contributed by atoms with Gasteiger partial charge in [0.25, 0.3) is 0 Å². The minimum absolute atomic E-state index is 0.0615. The largest absolute Gasteiger partial charge is 0.380 e. The molecule has 0 bridgehead atoms. The van der Waals surface area contributed by atoms with Gasteiger partial charge in [0.1, 0.15) is 6.04 Å². The molecule has 28 heavy (non-hydrogen) atoms. The third-order valence-corrected chi connectivity index (χ3v) is 4.16. The van der Waals surface area contributed by atoms with Gasteiger partial charge in [-0.25, -0.2) is 4.79 Å². The Morgan fingerprint density at radius 3 is 2.29 bits per heavy atom. The highest BCUT2D eigenvalue weighted by Gasteiger charge is 2.25. The van der Waals surface area contributed by atoms with Crippen LogP contribution in [0.2, 0.25) is 0 Å². The topological polar surface area (TPSA) is 149 Å². The summed E-state index contributed by atoms with van der Waals surface area (Å²) in [5.74, 6) is -0.815. The van der Waals surface area contributed by atoms with E-state index in [0.29, 0.717) is 31.7 Å². The Bertz CT molecular complexity index is 648. The molecule has 2 atom stereocenters. The van der Waals surface area contributed by atoms with Crippen molar-refractivity contribution in [2.75, 3.05) is 19.0 Å². The highest BCUT2D eigenvalue weighted by molar-refractivity contribution is 5.97. The summed E-state index contributed by atoms with van der Waals surface area (Å²) in [5.41, 5.74) is 12.5. The summed E-state index contributed by atoms with van der Waals surface area (Å²) < 4.78 is 5.06. The Labute approximate surface area is 165 Å². The fraction of sp³-hybridized carbons (Fsp3) is 0.526. The maximum Gasteiger partial charge on any atom is 0.312 e. The van der Waals surface area contributed by atoms with Gasteiger partial charge in [-0.05, 0) is 36.5 Å². The minimum Gasteiger partial charge on any atom is -0.380 e. The van der Waals surface area contributed by atoms with Crippen LogP contribution in [0.4, 0.5) is 10.5 Å². The third-order valence-electron chi connectivity index (χ3n) is 4.16. The summed E-state index contributed by atoms with van der Waals surface area (Å²) in [6, 6.07) is 5.08. The Morgan fingerprint density at radius 2 is 1.75 bits per heavy atom. The minimum atomic E-state index is -0.786. The second-order valence-electron chi connectivity index (χ2n) is 6.88. The standard InChI is InChI=1S/C19H31N5O4/c1-12(2)16(20)18(26)24-15(5-4-10-22-19(21)27)17(25)23-14-8-6-13(7-9-14)11-28-3/h6-9,12,15-16H,4-5,10-11,20H2,1-3H3,(H,23,25)(H,24,26)(H3,21,22,27)/t15-,16-/m0/s1. The average Bonchev–Trinajstić information content (AvgIpc) is 2.64. The fourth-order valence-corrected chi connectivity index (χ4v) is 2.44. The number of hydrogen-bond donors (Lipinski definition) is 5. The van der Waals surface area contributed by atoms with Gasteiger partial charge in [-0.1, -0.05) is 26.0 Å². The van der Waals surface area contributed by atoms with E-state index < -0.39 is 24.0 Å². The highest BCUT2D eigenvalue weighted by atomic mass is 16.5. The lowest BCUT2D eigenvalue weighted by atomic mass is 10.0. The van der Waals surface area contributed by atoms with Crippen LogP contribution in [0, 0.1) is 5.92 Å². The van der Waals surface area contributed by atoms with E-state index in [1.54, 1.807) is 19.2 Å². The zero-order chi connectivity index (χ0) is 21.1. The maximum absolute atomic E-state index is 12.7. The molecule has 0 fully saturated rings. The summed E-state index contributed by atoms with van der Waals surface area (Å²) in [5, 5.41) is 7.95. The second kappa shape index (κ2) is 11.9. The van der Waals surface area contributed by atoms with Crippen molar-refractivity contribution in [1.29, 1.82) is 0 Å². The van der Waals surface area contributed by atoms with Crippen molar-refractivity contribution >= 4 is 23.5 Å². The van der Waals surface area contributed by atoms with Crippen LogP contribution in [-0.2, 0) is 20.9 Å². The molecule has 0 aromatic heterocycles. The number of anilines is 1. The summed E-state index contributed by atoms with van der Waals surface area (Å²) in [7, 11) is 1.61. The van der Waals surface area contributed by atoms with Crippen LogP contribution in [0.15, 0.2) is 24.3 Å². The number of methoxy groups -OCH3 is 1. The molecule has 0 spiro atoms. The Balaban J connectivity index is 2.75. The van der Waals surface area contributed by atoms with Crippen LogP contribution in [0.25, 0.3) is 0 Å². The van der Waals surface area contributed by atoms with E-state index in [9.17, 15) is 14.4 Å². The number of carbonyl (C=O) groups is 3. The molecular weight excluding hydrogens is 362 g/mol. The molecule has 0 saturated heterocycles. The zero-order valence-electron chi connectivity index (χ0n) is 16.7. The molecule has 1 rings (SSSR count). The van der Waals surface area contributed by atoms with E-state index in [1.807, 2.05) is 26.0 Å². The SMILES string of the molecule is COCc1ccc(NC(=O)[C@H](CCCNC(N)=O)NC(=O)[C@@H](N)C(C)C)cc1. The number of nitrogens with one attached hydrogen (secondary N) is 3. The molecule has 156 valence electrons. The lowest BCUT2D eigenvalue weighted by Crippen LogP contribution is -2.51. The van der Waals surface area contributed by atoms with Crippen molar-refractivity contribution in [3.05, 3.63) is 29.8 Å². The Morgan fingerprint density at radius 1 is 1.11 bits per heavy atom. The van der Waals surface area contributed by atoms with Crippen molar-refractivity contribution in [3.8, 4) is 0 Å². The first-order valence-corrected chi connectivity index (χ1v) is 9.22. The van der Waals surface area contributed by atoms with Gasteiger partial charge >= 0.3 is 6.03 Å². The number of rotatable bonds is 11. The molecule has 0 aliphatic rings. The van der Waals surface area contributed by atoms with E-state index in [1.165, 1.54) is 0 Å². The highest BCUT2D eigenvalue weighted by Crippen LogP contribution is 2.12. The summed E-state index contributed by atoms with van der Waals surface area (Å²) >= 11 is 0. The number of urea groups is 1. The van der Waals surface area contributed by atoms with E-state index in [4.69, 9.17) is 16.2 Å². The van der Waals surface area contributed by atoms with Gasteiger partial charge in [0.05, 0.1) is 12.6 Å². The van der Waals surface area contributed by atoms with Crippen LogP contribution >= 0.6 is 0 Å². The lowest BCUT2D eigenvalue weighted by molar-refractivity contribution is -0.128. The third kappa shape index (κ3) is 8.36. The number of primary amides is 1. The van der Waals surface area contributed by atoms with Crippen LogP contribution in [0.3, 0.4) is 0 Å². The molecule has 4 amide bonds. The molecule has 7 N–H and O–H groups in total. The van der Waals surface area contributed by atoms with Crippen molar-refractivity contribution in [3.63, 3.8) is 0 Å². The molecule has 9 nitrogen and oxygen atoms in total. The molecule has 0 radical (unpaired) electrons. The number of ether oxygens (including phenoxy) is 1. The van der Waals surface area contributed by atoms with Gasteiger partial charge in [-0.3, -0.25) is 9.59 Å². The van der Waals surface area contributed by atoms with E-state index in [2.05, 4.69) is 16.0 Å². The number of amides is 4. The van der Waals surface area contributed by atoms with Gasteiger partial charge in [0, 0.05) is 19.3 Å². The molecule has 0 saturated carbocycles. The fourth-order valence-electron chi connectivity index (χ4n) is 2.44. The first-order valence-electron chi connectivity index (χ1n) is 9.22. The molecule has 1 aromatic carbocycles. The maximum atomic E-state index is 12.7. The predicted octanol–water partition coefficient (Wildman–Crippen LogP) is 0.688. The van der Waals surface area contributed by atoms with E-state index in [0.717, 1.165) is 5.56 Å². The molecule has 1 aromatic rings. The Hall–Kier alpha value is -2.65. The quantitative estimate of drug-likeness (QED) is 0.351. The first-order chi connectivity index (χ1) is 13.2. The predicted molar refractivity (Wildman–Crippen MR) is 107 cm³/mol. The molecule has 0 unspecified atom stereocenters. The molecule has 0 heterocycles. The summed E-state index contributed by atoms with van der Waals surface area (Å²) in [6.07, 6.45) is 0.787. The first kappa shape index (κ1) is 23.4. The molecule has 0 aliphatic carbocycles. The Kier molecular flexibility index (Phi) is 9.97. The van der Waals surface area contributed by atoms with Crippen LogP contribution in [-0.4, -0.2) is 43.6 Å². The zero-order valence-corrected chi connectivity index (χ0v) is 16.7. The van der Waals surface area contributed by atoms with Gasteiger partial charge in [-0.2, -0.15) is 0 Å². The number of benzene rings is 1. The number of nitrogens with two attached hydrogens (primary N) is 2. The van der Waals surface area contributed by atoms with Gasteiger partial charge < -0.3 is 32.2 Å². The van der Waals surface area contributed by atoms with Crippen molar-refractivity contribution < 1.29 is 19.1 Å². The monoisotopic (exact) mass is 393 g/mol. The lowest BCUT2D eigenvalue weighted by Gasteiger charge is -2.22. The van der Waals surface area contributed by atoms with Crippen molar-refractivity contribution in [2.24, 2.45) is 17.4 Å². The van der Waals surface area contributed by atoms with Gasteiger partial charge in [0.2, 0.25) is 11.8 Å². The van der Waals surface area contributed by atoms with Gasteiger partial charge in [0.15, 0.2) is 0 Å². The molecular formula is C19H31N5O4. The number of hydrogen-bond acceptors (Lipinski definition) is 5. The van der Waals surface area contributed by atoms with E-state index >= 15 is 0 Å². The van der Waals surface area contributed by atoms with Gasteiger partial charge in [-0.15, -0.1) is 0 Å². The molecule has 9 heteroatoms. The van der Waals surface area contributed by atoms with Crippen LogP contribution in [0.5, 0.6) is 0 Å². The average molecular weight is 393 g/mol. The smallest absolute Gasteiger partial charge is 0.312 e. The normalized spacial score (nSPS) is 12.9. The van der Waals surface area contributed by atoms with Crippen molar-refractivity contribution in [2.45, 2.75) is 45.4 Å². The van der Waals surface area contributed by atoms with Crippen molar-refractivity contribution in [1.82, 2.24) is 10.6 Å².